The Labute approximate surface area is 104 Å². The predicted molar refractivity (Wildman–Crippen MR) is 64.3 cm³/mol. The van der Waals surface area contributed by atoms with E-state index in [1.165, 1.54) is 0 Å². The molecule has 1 saturated heterocycles. The van der Waals surface area contributed by atoms with Gasteiger partial charge >= 0.3 is 0 Å². The molecule has 2 rings (SSSR count). The van der Waals surface area contributed by atoms with E-state index in [1.54, 1.807) is 0 Å². The van der Waals surface area contributed by atoms with Gasteiger partial charge < -0.3 is 10.6 Å². The summed E-state index contributed by atoms with van der Waals surface area (Å²) >= 11 is 6.91. The summed E-state index contributed by atoms with van der Waals surface area (Å²) in [5.74, 6) is 0.718. The van der Waals surface area contributed by atoms with Crippen LogP contribution < -0.4 is 10.6 Å². The lowest BCUT2D eigenvalue weighted by Gasteiger charge is -2.08. The molecule has 0 aromatic carbocycles. The highest BCUT2D eigenvalue weighted by Gasteiger charge is 2.16. The second-order valence-electron chi connectivity index (χ2n) is 2.74. The third-order valence-electron chi connectivity index (χ3n) is 1.85. The van der Waals surface area contributed by atoms with Crippen LogP contribution in [-0.4, -0.2) is 27.9 Å². The maximum Gasteiger partial charge on any atom is 0.186 e. The van der Waals surface area contributed by atoms with Gasteiger partial charge in [0, 0.05) is 12.6 Å². The van der Waals surface area contributed by atoms with E-state index in [1.807, 2.05) is 0 Å². The van der Waals surface area contributed by atoms with Gasteiger partial charge in [0.05, 0.1) is 11.7 Å². The molecule has 82 valence electrons. The van der Waals surface area contributed by atoms with Crippen molar-refractivity contribution >= 4 is 54.0 Å². The van der Waals surface area contributed by atoms with Gasteiger partial charge in [0.25, 0.3) is 0 Å². The van der Waals surface area contributed by atoms with Crippen LogP contribution in [-0.2, 0) is 0 Å². The van der Waals surface area contributed by atoms with Crippen LogP contribution in [0.25, 0.3) is 0 Å². The summed E-state index contributed by atoms with van der Waals surface area (Å²) in [4.78, 5) is 0. The van der Waals surface area contributed by atoms with Crippen molar-refractivity contribution in [1.82, 2.24) is 14.1 Å². The third-order valence-corrected chi connectivity index (χ3v) is 2.74. The van der Waals surface area contributed by atoms with Crippen LogP contribution in [0.4, 0.5) is 5.82 Å². The molecule has 0 saturated carbocycles. The molecular weight excluding hydrogens is 267 g/mol. The molecule has 1 fully saturated rings. The average molecular weight is 278 g/mol. The van der Waals surface area contributed by atoms with E-state index in [4.69, 9.17) is 11.6 Å². The summed E-state index contributed by atoms with van der Waals surface area (Å²) in [5, 5.41) is 6.96. The molecule has 2 heterocycles. The van der Waals surface area contributed by atoms with E-state index in [-0.39, 0.29) is 24.8 Å². The minimum absolute atomic E-state index is 0. The van der Waals surface area contributed by atoms with Gasteiger partial charge in [0.2, 0.25) is 0 Å². The Balaban J connectivity index is 0.000000845. The Hall–Kier alpha value is 0.190. The maximum absolute atomic E-state index is 5.77. The summed E-state index contributed by atoms with van der Waals surface area (Å²) in [6, 6.07) is 0.450. The number of hydrogen-bond acceptors (Lipinski definition) is 5. The van der Waals surface area contributed by atoms with Crippen molar-refractivity contribution in [2.24, 2.45) is 0 Å². The molecule has 0 amide bonds. The lowest BCUT2D eigenvalue weighted by molar-refractivity contribution is 0.790. The first-order valence-electron chi connectivity index (χ1n) is 3.81. The number of rotatable bonds is 2. The fourth-order valence-electron chi connectivity index (χ4n) is 1.24. The zero-order chi connectivity index (χ0) is 8.39. The molecule has 8 heteroatoms. The smallest absolute Gasteiger partial charge is 0.186 e. The van der Waals surface area contributed by atoms with Gasteiger partial charge in [-0.15, -0.1) is 24.8 Å². The fourth-order valence-corrected chi connectivity index (χ4v) is 1.89. The van der Waals surface area contributed by atoms with Gasteiger partial charge in [-0.05, 0) is 13.0 Å². The van der Waals surface area contributed by atoms with E-state index in [0.29, 0.717) is 11.2 Å². The van der Waals surface area contributed by atoms with Crippen molar-refractivity contribution in [3.8, 4) is 0 Å². The topological polar surface area (TPSA) is 49.8 Å². The van der Waals surface area contributed by atoms with E-state index in [2.05, 4.69) is 19.4 Å². The van der Waals surface area contributed by atoms with Gasteiger partial charge in [-0.1, -0.05) is 11.6 Å². The minimum atomic E-state index is 0. The highest BCUT2D eigenvalue weighted by atomic mass is 35.5. The zero-order valence-electron chi connectivity index (χ0n) is 7.20. The van der Waals surface area contributed by atoms with Crippen molar-refractivity contribution in [2.45, 2.75) is 12.5 Å². The number of halogens is 3. The van der Waals surface area contributed by atoms with E-state index < -0.39 is 0 Å². The molecule has 1 aliphatic heterocycles. The molecule has 4 nitrogen and oxygen atoms in total. The van der Waals surface area contributed by atoms with Crippen LogP contribution in [0.2, 0.25) is 5.15 Å². The van der Waals surface area contributed by atoms with Crippen molar-refractivity contribution in [2.75, 3.05) is 18.4 Å². The van der Waals surface area contributed by atoms with Crippen molar-refractivity contribution < 1.29 is 0 Å². The standard InChI is InChI=1S/C6H9ClN4S.2ClH/c7-5-6(11-12-10-5)9-4-1-2-8-3-4;;/h4,8H,1-3H2,(H,9,11);2*1H. The highest BCUT2D eigenvalue weighted by Crippen LogP contribution is 2.19. The van der Waals surface area contributed by atoms with Crippen molar-refractivity contribution in [1.29, 1.82) is 0 Å². The fraction of sp³-hybridized carbons (Fsp3) is 0.667. The summed E-state index contributed by atoms with van der Waals surface area (Å²) in [6.45, 7) is 2.04. The van der Waals surface area contributed by atoms with Gasteiger partial charge in [-0.25, -0.2) is 0 Å². The molecule has 1 aromatic rings. The van der Waals surface area contributed by atoms with Gasteiger partial charge in [0.1, 0.15) is 0 Å². The van der Waals surface area contributed by atoms with Gasteiger partial charge in [-0.2, -0.15) is 8.75 Å². The second-order valence-corrected chi connectivity index (χ2v) is 3.62. The normalized spacial score (nSPS) is 19.6. The Kier molecular flexibility index (Phi) is 6.72. The Morgan fingerprint density at radius 2 is 2.21 bits per heavy atom. The summed E-state index contributed by atoms with van der Waals surface area (Å²) < 4.78 is 7.91. The molecule has 1 atom stereocenters. The number of anilines is 1. The Morgan fingerprint density at radius 3 is 2.71 bits per heavy atom. The van der Waals surface area contributed by atoms with Crippen LogP contribution in [0, 0.1) is 0 Å². The molecule has 2 N–H and O–H groups in total. The zero-order valence-corrected chi connectivity index (χ0v) is 10.4. The molecule has 0 bridgehead atoms. The summed E-state index contributed by atoms with van der Waals surface area (Å²) in [7, 11) is 0. The summed E-state index contributed by atoms with van der Waals surface area (Å²) in [6.07, 6.45) is 1.12. The number of aromatic nitrogens is 2. The molecule has 0 radical (unpaired) electrons. The van der Waals surface area contributed by atoms with Gasteiger partial charge in [0.15, 0.2) is 11.0 Å². The highest BCUT2D eigenvalue weighted by molar-refractivity contribution is 6.99. The van der Waals surface area contributed by atoms with E-state index >= 15 is 0 Å². The lowest BCUT2D eigenvalue weighted by Crippen LogP contribution is -2.22. The van der Waals surface area contributed by atoms with E-state index in [0.717, 1.165) is 37.1 Å². The first kappa shape index (κ1) is 14.2. The van der Waals surface area contributed by atoms with Crippen LogP contribution in [0.5, 0.6) is 0 Å². The molecule has 1 aliphatic rings. The first-order valence-corrected chi connectivity index (χ1v) is 4.92. The SMILES string of the molecule is Cl.Cl.Clc1nsnc1NC1CCNC1. The molecule has 0 spiro atoms. The van der Waals surface area contributed by atoms with Crippen LogP contribution >= 0.6 is 48.1 Å². The molecule has 0 aliphatic carbocycles. The largest absolute Gasteiger partial charge is 0.363 e. The first-order chi connectivity index (χ1) is 5.86. The molecule has 1 unspecified atom stereocenters. The monoisotopic (exact) mass is 276 g/mol. The second kappa shape index (κ2) is 6.63. The molecular formula is C6H11Cl3N4S. The third kappa shape index (κ3) is 3.40. The van der Waals surface area contributed by atoms with Crippen LogP contribution in [0.15, 0.2) is 0 Å². The average Bonchev–Trinajstić information content (AvgIpc) is 2.65. The maximum atomic E-state index is 5.77. The van der Waals surface area contributed by atoms with Crippen LogP contribution in [0.3, 0.4) is 0 Å². The van der Waals surface area contributed by atoms with Crippen LogP contribution in [0.1, 0.15) is 6.42 Å². The Bertz CT molecular complexity index is 263. The van der Waals surface area contributed by atoms with Crippen molar-refractivity contribution in [3.05, 3.63) is 5.15 Å². The number of hydrogen-bond donors (Lipinski definition) is 2. The molecule has 14 heavy (non-hydrogen) atoms. The minimum Gasteiger partial charge on any atom is -0.363 e. The Morgan fingerprint density at radius 1 is 1.43 bits per heavy atom. The number of nitrogens with one attached hydrogen (secondary N) is 2. The molecule has 1 aromatic heterocycles. The predicted octanol–water partition coefficient (Wildman–Crippen LogP) is 1.81. The quantitative estimate of drug-likeness (QED) is 0.866. The van der Waals surface area contributed by atoms with Crippen molar-refractivity contribution in [3.63, 3.8) is 0 Å². The van der Waals surface area contributed by atoms with Gasteiger partial charge in [-0.3, -0.25) is 0 Å². The number of nitrogens with zero attached hydrogens (tertiary/aromatic N) is 2. The van der Waals surface area contributed by atoms with E-state index in [9.17, 15) is 0 Å². The summed E-state index contributed by atoms with van der Waals surface area (Å²) in [5.41, 5.74) is 0. The lowest BCUT2D eigenvalue weighted by atomic mass is 10.3.